The lowest BCUT2D eigenvalue weighted by Crippen LogP contribution is -2.33. The molecular formula is C17H21ClN2. The van der Waals surface area contributed by atoms with Gasteiger partial charge in [0.1, 0.15) is 0 Å². The number of hydrogen-bond acceptors (Lipinski definition) is 2. The van der Waals surface area contributed by atoms with Crippen LogP contribution in [0.2, 0.25) is 5.02 Å². The predicted octanol–water partition coefficient (Wildman–Crippen LogP) is 5.12. The quantitative estimate of drug-likeness (QED) is 0.829. The number of fused-ring (bicyclic) bond motifs is 1. The van der Waals surface area contributed by atoms with Gasteiger partial charge in [0, 0.05) is 17.6 Å². The van der Waals surface area contributed by atoms with Gasteiger partial charge in [0.25, 0.3) is 0 Å². The second-order valence-corrected chi connectivity index (χ2v) is 6.55. The van der Waals surface area contributed by atoms with Crippen LogP contribution in [0.3, 0.4) is 0 Å². The Hall–Kier alpha value is -1.28. The van der Waals surface area contributed by atoms with Crippen LogP contribution in [0.25, 0.3) is 10.9 Å². The van der Waals surface area contributed by atoms with E-state index in [9.17, 15) is 0 Å². The molecule has 1 aromatic heterocycles. The van der Waals surface area contributed by atoms with E-state index in [0.717, 1.165) is 27.5 Å². The maximum Gasteiger partial charge on any atom is 0.0948 e. The third kappa shape index (κ3) is 2.62. The maximum absolute atomic E-state index is 6.25. The Morgan fingerprint density at radius 3 is 2.85 bits per heavy atom. The van der Waals surface area contributed by atoms with Crippen molar-refractivity contribution in [3.63, 3.8) is 0 Å². The smallest absolute Gasteiger partial charge is 0.0948 e. The molecule has 1 saturated carbocycles. The Morgan fingerprint density at radius 1 is 1.20 bits per heavy atom. The number of aromatic nitrogens is 1. The van der Waals surface area contributed by atoms with Crippen molar-refractivity contribution in [1.82, 2.24) is 4.98 Å². The van der Waals surface area contributed by atoms with Gasteiger partial charge in [-0.25, -0.2) is 0 Å². The molecule has 3 unspecified atom stereocenters. The van der Waals surface area contributed by atoms with Crippen molar-refractivity contribution in [3.05, 3.63) is 35.5 Å². The monoisotopic (exact) mass is 288 g/mol. The fourth-order valence-corrected chi connectivity index (χ4v) is 3.55. The van der Waals surface area contributed by atoms with Crippen LogP contribution in [0.4, 0.5) is 5.69 Å². The first kappa shape index (κ1) is 13.7. The van der Waals surface area contributed by atoms with E-state index in [4.69, 9.17) is 11.6 Å². The van der Waals surface area contributed by atoms with Gasteiger partial charge >= 0.3 is 0 Å². The number of benzene rings is 1. The molecule has 0 bridgehead atoms. The fraction of sp³-hybridized carbons (Fsp3) is 0.471. The largest absolute Gasteiger partial charge is 0.380 e. The van der Waals surface area contributed by atoms with Gasteiger partial charge in [0.15, 0.2) is 0 Å². The van der Waals surface area contributed by atoms with Crippen molar-refractivity contribution in [2.75, 3.05) is 5.32 Å². The highest BCUT2D eigenvalue weighted by molar-refractivity contribution is 6.35. The van der Waals surface area contributed by atoms with Gasteiger partial charge in [-0.05, 0) is 55.4 Å². The van der Waals surface area contributed by atoms with E-state index in [0.29, 0.717) is 12.0 Å². The summed E-state index contributed by atoms with van der Waals surface area (Å²) in [6.45, 7) is 4.70. The molecule has 106 valence electrons. The molecule has 1 aliphatic rings. The summed E-state index contributed by atoms with van der Waals surface area (Å²) in [6, 6.07) is 8.52. The van der Waals surface area contributed by atoms with Crippen molar-refractivity contribution in [1.29, 1.82) is 0 Å². The molecule has 1 fully saturated rings. The van der Waals surface area contributed by atoms with Crippen LogP contribution in [0.1, 0.15) is 33.1 Å². The maximum atomic E-state index is 6.25. The van der Waals surface area contributed by atoms with Crippen molar-refractivity contribution < 1.29 is 0 Å². The zero-order valence-electron chi connectivity index (χ0n) is 12.1. The molecule has 3 atom stereocenters. The number of nitrogens with zero attached hydrogens (tertiary/aromatic N) is 1. The summed E-state index contributed by atoms with van der Waals surface area (Å²) < 4.78 is 0. The first-order valence-corrected chi connectivity index (χ1v) is 7.82. The minimum atomic E-state index is 0.539. The van der Waals surface area contributed by atoms with Crippen molar-refractivity contribution in [3.8, 4) is 0 Å². The Balaban J connectivity index is 1.90. The molecule has 1 N–H and O–H groups in total. The molecule has 0 saturated heterocycles. The first-order valence-electron chi connectivity index (χ1n) is 7.45. The number of halogens is 1. The molecule has 3 heteroatoms. The third-order valence-electron chi connectivity index (χ3n) is 4.49. The summed E-state index contributed by atoms with van der Waals surface area (Å²) in [7, 11) is 0. The topological polar surface area (TPSA) is 24.9 Å². The van der Waals surface area contributed by atoms with Crippen LogP contribution < -0.4 is 5.32 Å². The lowest BCUT2D eigenvalue weighted by molar-refractivity contribution is 0.276. The highest BCUT2D eigenvalue weighted by atomic mass is 35.5. The summed E-state index contributed by atoms with van der Waals surface area (Å²) in [5, 5.41) is 5.49. The van der Waals surface area contributed by atoms with E-state index in [1.165, 1.54) is 19.3 Å². The van der Waals surface area contributed by atoms with Crippen molar-refractivity contribution in [2.24, 2.45) is 11.8 Å². The Morgan fingerprint density at radius 2 is 2.05 bits per heavy atom. The van der Waals surface area contributed by atoms with Crippen LogP contribution in [0, 0.1) is 11.8 Å². The molecule has 1 aliphatic carbocycles. The summed E-state index contributed by atoms with van der Waals surface area (Å²) in [6.07, 6.45) is 5.67. The van der Waals surface area contributed by atoms with Crippen LogP contribution in [0.15, 0.2) is 30.5 Å². The highest BCUT2D eigenvalue weighted by Gasteiger charge is 2.25. The predicted molar refractivity (Wildman–Crippen MR) is 86.3 cm³/mol. The van der Waals surface area contributed by atoms with E-state index in [-0.39, 0.29) is 0 Å². The fourth-order valence-electron chi connectivity index (χ4n) is 3.33. The Bertz CT molecular complexity index is 611. The van der Waals surface area contributed by atoms with E-state index in [2.05, 4.69) is 30.2 Å². The molecule has 20 heavy (non-hydrogen) atoms. The molecule has 1 heterocycles. The van der Waals surface area contributed by atoms with E-state index in [1.54, 1.807) is 0 Å². The number of nitrogens with one attached hydrogen (secondary N) is 1. The third-order valence-corrected chi connectivity index (χ3v) is 4.82. The van der Waals surface area contributed by atoms with Gasteiger partial charge in [0.05, 0.1) is 16.2 Å². The molecular weight excluding hydrogens is 268 g/mol. The SMILES string of the molecule is CC1CCC(Nc2ccc(Cl)c3cccnc23)C(C)C1. The second-order valence-electron chi connectivity index (χ2n) is 6.14. The number of pyridine rings is 1. The number of rotatable bonds is 2. The summed E-state index contributed by atoms with van der Waals surface area (Å²) in [5.41, 5.74) is 2.09. The van der Waals surface area contributed by atoms with Crippen LogP contribution in [-0.2, 0) is 0 Å². The minimum Gasteiger partial charge on any atom is -0.380 e. The standard InChI is InChI=1S/C17H21ClN2/c1-11-5-7-15(12(2)10-11)20-16-8-6-14(18)13-4-3-9-19-17(13)16/h3-4,6,8-9,11-12,15,20H,5,7,10H2,1-2H3. The van der Waals surface area contributed by atoms with Gasteiger partial charge in [-0.15, -0.1) is 0 Å². The Labute approximate surface area is 125 Å². The van der Waals surface area contributed by atoms with Crippen molar-refractivity contribution in [2.45, 2.75) is 39.2 Å². The summed E-state index contributed by atoms with van der Waals surface area (Å²) >= 11 is 6.25. The Kier molecular flexibility index (Phi) is 3.84. The van der Waals surface area contributed by atoms with Gasteiger partial charge in [-0.2, -0.15) is 0 Å². The van der Waals surface area contributed by atoms with Gasteiger partial charge in [0.2, 0.25) is 0 Å². The first-order chi connectivity index (χ1) is 9.65. The molecule has 2 nitrogen and oxygen atoms in total. The van der Waals surface area contributed by atoms with E-state index < -0.39 is 0 Å². The average molecular weight is 289 g/mol. The molecule has 2 aromatic rings. The highest BCUT2D eigenvalue weighted by Crippen LogP contribution is 2.33. The molecule has 0 aliphatic heterocycles. The van der Waals surface area contributed by atoms with Gasteiger partial charge < -0.3 is 5.32 Å². The second kappa shape index (κ2) is 5.61. The zero-order valence-corrected chi connectivity index (χ0v) is 12.8. The molecule has 0 radical (unpaired) electrons. The normalized spacial score (nSPS) is 26.6. The molecule has 0 spiro atoms. The molecule has 1 aromatic carbocycles. The van der Waals surface area contributed by atoms with Crippen LogP contribution in [0.5, 0.6) is 0 Å². The lowest BCUT2D eigenvalue weighted by Gasteiger charge is -2.34. The van der Waals surface area contributed by atoms with E-state index >= 15 is 0 Å². The number of hydrogen-bond donors (Lipinski definition) is 1. The van der Waals surface area contributed by atoms with Gasteiger partial charge in [-0.1, -0.05) is 25.4 Å². The van der Waals surface area contributed by atoms with Crippen LogP contribution >= 0.6 is 11.6 Å². The van der Waals surface area contributed by atoms with Crippen molar-refractivity contribution >= 4 is 28.2 Å². The average Bonchev–Trinajstić information content (AvgIpc) is 2.45. The minimum absolute atomic E-state index is 0.539. The molecule has 0 amide bonds. The number of anilines is 1. The van der Waals surface area contributed by atoms with E-state index in [1.807, 2.05) is 24.4 Å². The van der Waals surface area contributed by atoms with Gasteiger partial charge in [-0.3, -0.25) is 4.98 Å². The lowest BCUT2D eigenvalue weighted by atomic mass is 9.80. The summed E-state index contributed by atoms with van der Waals surface area (Å²) in [5.74, 6) is 1.55. The zero-order chi connectivity index (χ0) is 14.1. The summed E-state index contributed by atoms with van der Waals surface area (Å²) in [4.78, 5) is 4.50. The van der Waals surface area contributed by atoms with Crippen LogP contribution in [-0.4, -0.2) is 11.0 Å². The molecule has 3 rings (SSSR count).